The quantitative estimate of drug-likeness (QED) is 0.520. The monoisotopic (exact) mass is 372 g/mol. The van der Waals surface area contributed by atoms with Gasteiger partial charge in [-0.15, -0.1) is 0 Å². The molecule has 1 fully saturated rings. The summed E-state index contributed by atoms with van der Waals surface area (Å²) in [7, 11) is -2.42. The molecule has 0 bridgehead atoms. The molecule has 1 aromatic carbocycles. The summed E-state index contributed by atoms with van der Waals surface area (Å²) < 4.78 is 31.3. The maximum absolute atomic E-state index is 12.6. The number of carbonyl (C=O) groups is 1. The van der Waals surface area contributed by atoms with E-state index in [2.05, 4.69) is 0 Å². The number of nitro groups is 1. The van der Waals surface area contributed by atoms with E-state index < -0.39 is 21.0 Å². The van der Waals surface area contributed by atoms with Gasteiger partial charge in [0, 0.05) is 45.4 Å². The fourth-order valence-corrected chi connectivity index (χ4v) is 4.00. The molecule has 2 rings (SSSR count). The summed E-state index contributed by atoms with van der Waals surface area (Å²) >= 11 is 0. The molecule has 1 unspecified atom stereocenters. The molecular formula is C14H20N4O6S. The van der Waals surface area contributed by atoms with Crippen molar-refractivity contribution in [3.8, 4) is 0 Å². The van der Waals surface area contributed by atoms with Crippen LogP contribution in [0.4, 0.5) is 5.69 Å². The van der Waals surface area contributed by atoms with Gasteiger partial charge in [0.15, 0.2) is 0 Å². The van der Waals surface area contributed by atoms with Crippen LogP contribution in [-0.4, -0.2) is 74.4 Å². The lowest BCUT2D eigenvalue weighted by molar-refractivity contribution is -0.385. The Morgan fingerprint density at radius 3 is 2.56 bits per heavy atom. The van der Waals surface area contributed by atoms with Gasteiger partial charge in [0.25, 0.3) is 5.69 Å². The second-order valence-corrected chi connectivity index (χ2v) is 7.48. The van der Waals surface area contributed by atoms with Crippen LogP contribution < -0.4 is 5.73 Å². The number of hydrogen-bond acceptors (Lipinski definition) is 7. The van der Waals surface area contributed by atoms with Gasteiger partial charge in [0.2, 0.25) is 15.9 Å². The summed E-state index contributed by atoms with van der Waals surface area (Å²) in [5.41, 5.74) is 5.41. The molecule has 1 heterocycles. The molecule has 0 aliphatic carbocycles. The van der Waals surface area contributed by atoms with Crippen molar-refractivity contribution in [2.45, 2.75) is 10.9 Å². The molecule has 11 heteroatoms. The number of sulfonamides is 1. The van der Waals surface area contributed by atoms with E-state index in [0.717, 1.165) is 6.07 Å². The maximum atomic E-state index is 12.6. The maximum Gasteiger partial charge on any atom is 0.270 e. The lowest BCUT2D eigenvalue weighted by Crippen LogP contribution is -2.55. The molecule has 1 aromatic rings. The van der Waals surface area contributed by atoms with Crippen LogP contribution >= 0.6 is 0 Å². The van der Waals surface area contributed by atoms with Crippen LogP contribution in [0.5, 0.6) is 0 Å². The fraction of sp³-hybridized carbons (Fsp3) is 0.500. The molecule has 0 radical (unpaired) electrons. The summed E-state index contributed by atoms with van der Waals surface area (Å²) in [6.45, 7) is 0.673. The molecule has 138 valence electrons. The van der Waals surface area contributed by atoms with Gasteiger partial charge >= 0.3 is 0 Å². The summed E-state index contributed by atoms with van der Waals surface area (Å²) in [4.78, 5) is 23.6. The average Bonchev–Trinajstić information content (AvgIpc) is 2.61. The summed E-state index contributed by atoms with van der Waals surface area (Å²) in [5.74, 6) is -0.297. The molecule has 0 spiro atoms. The molecule has 1 atom stereocenters. The van der Waals surface area contributed by atoms with Crippen LogP contribution in [0.25, 0.3) is 0 Å². The Balaban J connectivity index is 2.08. The normalized spacial score (nSPS) is 17.3. The van der Waals surface area contributed by atoms with Crippen molar-refractivity contribution in [1.82, 2.24) is 9.21 Å². The first-order valence-electron chi connectivity index (χ1n) is 7.55. The van der Waals surface area contributed by atoms with E-state index >= 15 is 0 Å². The first-order valence-corrected chi connectivity index (χ1v) is 8.99. The number of amides is 1. The Kier molecular flexibility index (Phi) is 6.06. The van der Waals surface area contributed by atoms with E-state index in [9.17, 15) is 23.3 Å². The number of hydrogen-bond donors (Lipinski definition) is 1. The lowest BCUT2D eigenvalue weighted by atomic mass is 10.2. The van der Waals surface area contributed by atoms with E-state index in [1.807, 2.05) is 0 Å². The fourth-order valence-electron chi connectivity index (χ4n) is 2.54. The highest BCUT2D eigenvalue weighted by molar-refractivity contribution is 7.89. The first-order chi connectivity index (χ1) is 11.8. The van der Waals surface area contributed by atoms with Crippen LogP contribution in [0.1, 0.15) is 0 Å². The highest BCUT2D eigenvalue weighted by Crippen LogP contribution is 2.22. The smallest absolute Gasteiger partial charge is 0.270 e. The highest BCUT2D eigenvalue weighted by atomic mass is 32.2. The topological polar surface area (TPSA) is 136 Å². The molecule has 10 nitrogen and oxygen atoms in total. The van der Waals surface area contributed by atoms with Crippen molar-refractivity contribution in [2.24, 2.45) is 5.73 Å². The second kappa shape index (κ2) is 7.87. The number of nitrogens with two attached hydrogens (primary N) is 1. The van der Waals surface area contributed by atoms with E-state index in [1.165, 1.54) is 34.5 Å². The molecule has 1 amide bonds. The molecule has 0 saturated carbocycles. The van der Waals surface area contributed by atoms with Gasteiger partial charge in [-0.05, 0) is 6.07 Å². The van der Waals surface area contributed by atoms with Crippen molar-refractivity contribution >= 4 is 21.6 Å². The van der Waals surface area contributed by atoms with Crippen LogP contribution in [0, 0.1) is 10.1 Å². The predicted octanol–water partition coefficient (Wildman–Crippen LogP) is -0.599. The number of methoxy groups -OCH3 is 1. The number of benzene rings is 1. The number of ether oxygens (including phenoxy) is 1. The SMILES string of the molecule is COCC(N)C(=O)N1CCN(S(=O)(=O)c2cccc([N+](=O)[O-])c2)CC1. The van der Waals surface area contributed by atoms with E-state index in [1.54, 1.807) is 0 Å². The minimum atomic E-state index is -3.86. The number of piperazine rings is 1. The van der Waals surface area contributed by atoms with Gasteiger partial charge in [-0.1, -0.05) is 6.07 Å². The van der Waals surface area contributed by atoms with Crippen molar-refractivity contribution < 1.29 is 22.9 Å². The Bertz CT molecular complexity index is 745. The van der Waals surface area contributed by atoms with E-state index in [-0.39, 0.29) is 49.3 Å². The van der Waals surface area contributed by atoms with Gasteiger partial charge in [0.05, 0.1) is 16.4 Å². The Labute approximate surface area is 145 Å². The lowest BCUT2D eigenvalue weighted by Gasteiger charge is -2.35. The van der Waals surface area contributed by atoms with Crippen molar-refractivity contribution in [1.29, 1.82) is 0 Å². The van der Waals surface area contributed by atoms with Crippen molar-refractivity contribution in [3.63, 3.8) is 0 Å². The van der Waals surface area contributed by atoms with Crippen LogP contribution in [0.2, 0.25) is 0 Å². The third-order valence-corrected chi connectivity index (χ3v) is 5.77. The van der Waals surface area contributed by atoms with Gasteiger partial charge in [-0.3, -0.25) is 14.9 Å². The van der Waals surface area contributed by atoms with E-state index in [0.29, 0.717) is 0 Å². The number of nitrogens with zero attached hydrogens (tertiary/aromatic N) is 3. The second-order valence-electron chi connectivity index (χ2n) is 5.55. The molecule has 2 N–H and O–H groups in total. The van der Waals surface area contributed by atoms with Crippen LogP contribution in [0.3, 0.4) is 0 Å². The summed E-state index contributed by atoms with van der Waals surface area (Å²) in [6, 6.07) is 4.11. The third-order valence-electron chi connectivity index (χ3n) is 3.88. The third kappa shape index (κ3) is 4.31. The van der Waals surface area contributed by atoms with Crippen molar-refractivity contribution in [3.05, 3.63) is 34.4 Å². The predicted molar refractivity (Wildman–Crippen MR) is 88.3 cm³/mol. The number of non-ortho nitro benzene ring substituents is 1. The molecule has 0 aromatic heterocycles. The molecule has 1 saturated heterocycles. The van der Waals surface area contributed by atoms with Gasteiger partial charge in [0.1, 0.15) is 6.04 Å². The Hall–Kier alpha value is -2.08. The zero-order chi connectivity index (χ0) is 18.6. The molecule has 25 heavy (non-hydrogen) atoms. The highest BCUT2D eigenvalue weighted by Gasteiger charge is 2.32. The molecule has 1 aliphatic rings. The molecule has 1 aliphatic heterocycles. The first kappa shape index (κ1) is 19.2. The minimum Gasteiger partial charge on any atom is -0.383 e. The largest absolute Gasteiger partial charge is 0.383 e. The summed E-state index contributed by atoms with van der Waals surface area (Å²) in [6.07, 6.45) is 0. The molecular weight excluding hydrogens is 352 g/mol. The Morgan fingerprint density at radius 1 is 1.36 bits per heavy atom. The average molecular weight is 372 g/mol. The van der Waals surface area contributed by atoms with Gasteiger partial charge in [-0.25, -0.2) is 8.42 Å². The number of nitro benzene ring substituents is 1. The van der Waals surface area contributed by atoms with Crippen molar-refractivity contribution in [2.75, 3.05) is 39.9 Å². The van der Waals surface area contributed by atoms with E-state index in [4.69, 9.17) is 10.5 Å². The zero-order valence-electron chi connectivity index (χ0n) is 13.7. The van der Waals surface area contributed by atoms with Crippen LogP contribution in [-0.2, 0) is 19.6 Å². The summed E-state index contributed by atoms with van der Waals surface area (Å²) in [5, 5.41) is 10.8. The standard InChI is InChI=1S/C14H20N4O6S/c1-24-10-13(15)14(19)16-5-7-17(8-6-16)25(22,23)12-4-2-3-11(9-12)18(20)21/h2-4,9,13H,5-8,10,15H2,1H3. The number of rotatable bonds is 6. The Morgan fingerprint density at radius 2 is 2.00 bits per heavy atom. The minimum absolute atomic E-state index is 0.0883. The van der Waals surface area contributed by atoms with Gasteiger partial charge < -0.3 is 15.4 Å². The van der Waals surface area contributed by atoms with Crippen LogP contribution in [0.15, 0.2) is 29.2 Å². The van der Waals surface area contributed by atoms with Gasteiger partial charge in [-0.2, -0.15) is 4.31 Å². The zero-order valence-corrected chi connectivity index (χ0v) is 14.5. The number of carbonyl (C=O) groups excluding carboxylic acids is 1.